The quantitative estimate of drug-likeness (QED) is 0.312. The molecule has 1 atom stereocenters. The summed E-state index contributed by atoms with van der Waals surface area (Å²) in [5, 5.41) is 14.6. The van der Waals surface area contributed by atoms with Gasteiger partial charge in [0.05, 0.1) is 22.4 Å². The lowest BCUT2D eigenvalue weighted by Crippen LogP contribution is -2.43. The zero-order valence-corrected chi connectivity index (χ0v) is 19.1. The molecule has 13 heteroatoms. The van der Waals surface area contributed by atoms with Gasteiger partial charge in [-0.3, -0.25) is 39.7 Å². The lowest BCUT2D eigenvalue weighted by atomic mass is 10.1. The molecular formula is C20H16BrClN4O7. The Kier molecular flexibility index (Phi) is 7.61. The maximum Gasteiger partial charge on any atom is 0.311 e. The molecule has 172 valence electrons. The highest BCUT2D eigenvalue weighted by atomic mass is 79.9. The molecule has 1 heterocycles. The number of carbonyl (C=O) groups excluding carboxylic acids is 4. The molecule has 3 amide bonds. The summed E-state index contributed by atoms with van der Waals surface area (Å²) in [6.07, 6.45) is -0.205. The molecule has 11 nitrogen and oxygen atoms in total. The predicted molar refractivity (Wildman–Crippen MR) is 119 cm³/mol. The average Bonchev–Trinajstić information content (AvgIpc) is 3.15. The third-order valence-electron chi connectivity index (χ3n) is 4.58. The summed E-state index contributed by atoms with van der Waals surface area (Å²) in [7, 11) is 0. The second-order valence-corrected chi connectivity index (χ2v) is 8.20. The number of non-ortho nitro benzene ring substituents is 1. The van der Waals surface area contributed by atoms with Crippen molar-refractivity contribution < 1.29 is 28.8 Å². The Morgan fingerprint density at radius 3 is 2.55 bits per heavy atom. The van der Waals surface area contributed by atoms with Crippen LogP contribution in [-0.4, -0.2) is 46.8 Å². The van der Waals surface area contributed by atoms with Crippen LogP contribution in [0.15, 0.2) is 46.9 Å². The van der Waals surface area contributed by atoms with Crippen molar-refractivity contribution in [3.63, 3.8) is 0 Å². The number of rotatable bonds is 7. The van der Waals surface area contributed by atoms with Gasteiger partial charge in [0, 0.05) is 34.3 Å². The molecule has 1 aliphatic heterocycles. The topological polar surface area (TPSA) is 148 Å². The summed E-state index contributed by atoms with van der Waals surface area (Å²) in [5.74, 6) is -3.40. The van der Waals surface area contributed by atoms with E-state index in [9.17, 15) is 29.3 Å². The summed E-state index contributed by atoms with van der Waals surface area (Å²) in [6, 6.07) is 9.59. The smallest absolute Gasteiger partial charge is 0.311 e. The third-order valence-corrected chi connectivity index (χ3v) is 5.82. The summed E-state index contributed by atoms with van der Waals surface area (Å²) in [6.45, 7) is -0.702. The number of nitrogens with zero attached hydrogens (tertiary/aromatic N) is 2. The van der Waals surface area contributed by atoms with Crippen molar-refractivity contribution in [2.24, 2.45) is 5.92 Å². The predicted octanol–water partition coefficient (Wildman–Crippen LogP) is 2.69. The standard InChI is InChI=1S/C20H16BrClN4O7/c21-15-6-3-13(8-16(15)22)23-17(27)10-33-20(30)12-7-18(28)25(9-12)24-19(29)11-1-4-14(5-2-11)26(31)32/h1-6,8,12H,7,9-10H2,(H,23,27)(H,24,29)/t12-/m0/s1. The van der Waals surface area contributed by atoms with Crippen LogP contribution in [-0.2, 0) is 19.1 Å². The van der Waals surface area contributed by atoms with Crippen molar-refractivity contribution in [3.8, 4) is 0 Å². The van der Waals surface area contributed by atoms with Gasteiger partial charge < -0.3 is 10.1 Å². The van der Waals surface area contributed by atoms with E-state index in [4.69, 9.17) is 16.3 Å². The minimum atomic E-state index is -0.871. The van der Waals surface area contributed by atoms with Crippen LogP contribution in [0.2, 0.25) is 5.02 Å². The number of hydrazine groups is 1. The Bertz CT molecular complexity index is 1130. The van der Waals surface area contributed by atoms with Crippen LogP contribution >= 0.6 is 27.5 Å². The number of hydrogen-bond donors (Lipinski definition) is 2. The fraction of sp³-hybridized carbons (Fsp3) is 0.200. The SMILES string of the molecule is O=C(COC(=O)[C@H]1CC(=O)N(NC(=O)c2ccc([N+](=O)[O-])cc2)C1)Nc1ccc(Br)c(Cl)c1. The number of nitrogens with one attached hydrogen (secondary N) is 2. The average molecular weight is 540 g/mol. The van der Waals surface area contributed by atoms with E-state index in [1.807, 2.05) is 0 Å². The van der Waals surface area contributed by atoms with E-state index in [-0.39, 0.29) is 24.2 Å². The lowest BCUT2D eigenvalue weighted by molar-refractivity contribution is -0.384. The maximum absolute atomic E-state index is 12.3. The fourth-order valence-electron chi connectivity index (χ4n) is 2.92. The van der Waals surface area contributed by atoms with Crippen LogP contribution in [0.3, 0.4) is 0 Å². The summed E-state index contributed by atoms with van der Waals surface area (Å²) in [5.41, 5.74) is 2.69. The third kappa shape index (κ3) is 6.26. The van der Waals surface area contributed by atoms with Gasteiger partial charge in [0.1, 0.15) is 0 Å². The molecule has 1 fully saturated rings. The molecule has 1 saturated heterocycles. The van der Waals surface area contributed by atoms with E-state index >= 15 is 0 Å². The molecule has 2 N–H and O–H groups in total. The van der Waals surface area contributed by atoms with Crippen molar-refractivity contribution in [3.05, 3.63) is 67.6 Å². The van der Waals surface area contributed by atoms with E-state index in [0.717, 1.165) is 17.1 Å². The zero-order valence-electron chi connectivity index (χ0n) is 16.7. The second kappa shape index (κ2) is 10.4. The molecule has 0 bridgehead atoms. The van der Waals surface area contributed by atoms with Crippen molar-refractivity contribution in [2.45, 2.75) is 6.42 Å². The Balaban J connectivity index is 1.48. The van der Waals surface area contributed by atoms with Gasteiger partial charge in [-0.05, 0) is 46.3 Å². The van der Waals surface area contributed by atoms with E-state index in [1.54, 1.807) is 12.1 Å². The highest BCUT2D eigenvalue weighted by molar-refractivity contribution is 9.10. The van der Waals surface area contributed by atoms with E-state index in [1.165, 1.54) is 18.2 Å². The van der Waals surface area contributed by atoms with Crippen molar-refractivity contribution in [2.75, 3.05) is 18.5 Å². The minimum absolute atomic E-state index is 0.101. The Hall–Kier alpha value is -3.51. The lowest BCUT2D eigenvalue weighted by Gasteiger charge is -2.17. The van der Waals surface area contributed by atoms with Crippen molar-refractivity contribution >= 4 is 62.6 Å². The highest BCUT2D eigenvalue weighted by Gasteiger charge is 2.36. The molecule has 0 saturated carbocycles. The molecule has 33 heavy (non-hydrogen) atoms. The van der Waals surface area contributed by atoms with Gasteiger partial charge in [-0.2, -0.15) is 0 Å². The molecule has 0 aliphatic carbocycles. The number of ether oxygens (including phenoxy) is 1. The Morgan fingerprint density at radius 1 is 1.21 bits per heavy atom. The van der Waals surface area contributed by atoms with E-state index in [2.05, 4.69) is 26.7 Å². The molecule has 0 aromatic heterocycles. The molecule has 2 aromatic carbocycles. The minimum Gasteiger partial charge on any atom is -0.455 e. The molecule has 0 radical (unpaired) electrons. The molecular weight excluding hydrogens is 524 g/mol. The van der Waals surface area contributed by atoms with Gasteiger partial charge >= 0.3 is 5.97 Å². The summed E-state index contributed by atoms with van der Waals surface area (Å²) >= 11 is 9.19. The number of nitro benzene ring substituents is 1. The zero-order chi connectivity index (χ0) is 24.1. The Morgan fingerprint density at radius 2 is 1.91 bits per heavy atom. The van der Waals surface area contributed by atoms with E-state index in [0.29, 0.717) is 15.2 Å². The van der Waals surface area contributed by atoms with Crippen molar-refractivity contribution in [1.29, 1.82) is 0 Å². The first-order valence-electron chi connectivity index (χ1n) is 9.41. The number of anilines is 1. The largest absolute Gasteiger partial charge is 0.455 e. The van der Waals surface area contributed by atoms with Crippen LogP contribution in [0.25, 0.3) is 0 Å². The van der Waals surface area contributed by atoms with Crippen LogP contribution in [0, 0.1) is 16.0 Å². The van der Waals surface area contributed by atoms with Gasteiger partial charge in [0.25, 0.3) is 17.5 Å². The van der Waals surface area contributed by atoms with Crippen LogP contribution in [0.4, 0.5) is 11.4 Å². The van der Waals surface area contributed by atoms with Gasteiger partial charge in [-0.25, -0.2) is 0 Å². The van der Waals surface area contributed by atoms with E-state index < -0.39 is 41.1 Å². The summed E-state index contributed by atoms with van der Waals surface area (Å²) < 4.78 is 5.64. The molecule has 0 spiro atoms. The van der Waals surface area contributed by atoms with Crippen LogP contribution in [0.5, 0.6) is 0 Å². The number of nitro groups is 1. The number of esters is 1. The molecule has 0 unspecified atom stereocenters. The first kappa shape index (κ1) is 24.1. The highest BCUT2D eigenvalue weighted by Crippen LogP contribution is 2.25. The first-order valence-corrected chi connectivity index (χ1v) is 10.6. The number of benzene rings is 2. The molecule has 2 aromatic rings. The monoisotopic (exact) mass is 538 g/mol. The van der Waals surface area contributed by atoms with Crippen LogP contribution < -0.4 is 10.7 Å². The van der Waals surface area contributed by atoms with Gasteiger partial charge in [-0.15, -0.1) is 0 Å². The first-order chi connectivity index (χ1) is 15.6. The van der Waals surface area contributed by atoms with Gasteiger partial charge in [-0.1, -0.05) is 11.6 Å². The number of carbonyl (C=O) groups is 4. The molecule has 3 rings (SSSR count). The molecule has 1 aliphatic rings. The van der Waals surface area contributed by atoms with Crippen molar-refractivity contribution in [1.82, 2.24) is 10.4 Å². The normalized spacial score (nSPS) is 15.2. The maximum atomic E-state index is 12.3. The number of hydrogen-bond acceptors (Lipinski definition) is 7. The van der Waals surface area contributed by atoms with Crippen LogP contribution in [0.1, 0.15) is 16.8 Å². The second-order valence-electron chi connectivity index (χ2n) is 6.94. The number of amides is 3. The number of halogens is 2. The van der Waals surface area contributed by atoms with Gasteiger partial charge in [0.2, 0.25) is 5.91 Å². The fourth-order valence-corrected chi connectivity index (χ4v) is 3.35. The Labute approximate surface area is 200 Å². The van der Waals surface area contributed by atoms with Gasteiger partial charge in [0.15, 0.2) is 6.61 Å². The summed E-state index contributed by atoms with van der Waals surface area (Å²) in [4.78, 5) is 58.8.